The molecule has 0 unspecified atom stereocenters. The topological polar surface area (TPSA) is 123 Å². The van der Waals surface area contributed by atoms with Crippen molar-refractivity contribution in [3.63, 3.8) is 0 Å². The normalized spacial score (nSPS) is 8.27. The van der Waals surface area contributed by atoms with E-state index in [-0.39, 0.29) is 0 Å². The summed E-state index contributed by atoms with van der Waals surface area (Å²) in [4.78, 5) is 29.1. The first-order valence-corrected chi connectivity index (χ1v) is 3.82. The van der Waals surface area contributed by atoms with Crippen LogP contribution in [0.15, 0.2) is 30.3 Å². The zero-order chi connectivity index (χ0) is 11.8. The molecule has 0 aromatic heterocycles. The number of carbonyl (C=O) groups excluding carboxylic acids is 2. The third-order valence-corrected chi connectivity index (χ3v) is 1.26. The number of primary amides is 2. The Morgan fingerprint density at radius 1 is 0.933 bits per heavy atom. The van der Waals surface area contributed by atoms with Crippen LogP contribution in [-0.4, -0.2) is 22.9 Å². The van der Waals surface area contributed by atoms with Crippen LogP contribution in [0.5, 0.6) is 0 Å². The van der Waals surface area contributed by atoms with Crippen LogP contribution < -0.4 is 11.5 Å². The van der Waals surface area contributed by atoms with Crippen LogP contribution in [0.25, 0.3) is 0 Å². The number of carboxylic acids is 1. The average Bonchev–Trinajstić information content (AvgIpc) is 2.20. The van der Waals surface area contributed by atoms with Gasteiger partial charge in [0.05, 0.1) is 5.56 Å². The molecule has 0 atom stereocenters. The molecule has 0 bridgehead atoms. The van der Waals surface area contributed by atoms with Crippen molar-refractivity contribution in [2.24, 2.45) is 11.5 Å². The highest BCUT2D eigenvalue weighted by molar-refractivity contribution is 6.33. The predicted molar refractivity (Wildman–Crippen MR) is 51.8 cm³/mol. The van der Waals surface area contributed by atoms with Gasteiger partial charge >= 0.3 is 17.8 Å². The number of carbonyl (C=O) groups is 3. The van der Waals surface area contributed by atoms with E-state index in [0.29, 0.717) is 5.56 Å². The van der Waals surface area contributed by atoms with E-state index in [9.17, 15) is 14.4 Å². The quantitative estimate of drug-likeness (QED) is 0.532. The molecule has 80 valence electrons. The van der Waals surface area contributed by atoms with Gasteiger partial charge in [0, 0.05) is 0 Å². The van der Waals surface area contributed by atoms with Crippen LogP contribution in [0.2, 0.25) is 0 Å². The lowest BCUT2D eigenvalue weighted by Gasteiger charge is -1.88. The standard InChI is InChI=1S/C7H6O2.C2H4N2O2/c8-7(9)6-4-2-1-3-5-6;3-1(5)2(4)6/h1-5H,(H,8,9);(H2,3,5)(H2,4,6). The maximum absolute atomic E-state index is 10.2. The molecule has 0 spiro atoms. The minimum absolute atomic E-state index is 0.331. The first kappa shape index (κ1) is 12.6. The summed E-state index contributed by atoms with van der Waals surface area (Å²) in [6.07, 6.45) is 0. The summed E-state index contributed by atoms with van der Waals surface area (Å²) in [7, 11) is 0. The fourth-order valence-corrected chi connectivity index (χ4v) is 0.581. The highest BCUT2D eigenvalue weighted by Gasteiger charge is 1.97. The van der Waals surface area contributed by atoms with Crippen LogP contribution >= 0.6 is 0 Å². The Morgan fingerprint density at radius 3 is 1.53 bits per heavy atom. The molecule has 0 fully saturated rings. The Labute approximate surface area is 85.5 Å². The lowest BCUT2D eigenvalue weighted by atomic mass is 10.2. The molecule has 0 saturated heterocycles. The molecule has 6 heteroatoms. The van der Waals surface area contributed by atoms with E-state index >= 15 is 0 Å². The van der Waals surface area contributed by atoms with Crippen LogP contribution in [0.3, 0.4) is 0 Å². The van der Waals surface area contributed by atoms with Gasteiger partial charge in [-0.2, -0.15) is 0 Å². The number of rotatable bonds is 1. The molecule has 1 aromatic carbocycles. The average molecular weight is 210 g/mol. The Balaban J connectivity index is 0.000000288. The number of hydrogen-bond donors (Lipinski definition) is 3. The van der Waals surface area contributed by atoms with Gasteiger partial charge in [-0.3, -0.25) is 9.59 Å². The van der Waals surface area contributed by atoms with E-state index in [1.54, 1.807) is 30.3 Å². The highest BCUT2D eigenvalue weighted by Crippen LogP contribution is 1.96. The lowest BCUT2D eigenvalue weighted by Crippen LogP contribution is -2.29. The SMILES string of the molecule is NC(=O)C(N)=O.O=C(O)c1ccccc1. The number of benzene rings is 1. The number of nitrogens with two attached hydrogens (primary N) is 2. The maximum atomic E-state index is 10.2. The van der Waals surface area contributed by atoms with Gasteiger partial charge in [0.1, 0.15) is 0 Å². The Morgan fingerprint density at radius 2 is 1.33 bits per heavy atom. The second-order valence-electron chi connectivity index (χ2n) is 2.40. The smallest absolute Gasteiger partial charge is 0.335 e. The molecule has 1 rings (SSSR count). The summed E-state index contributed by atoms with van der Waals surface area (Å²) < 4.78 is 0. The third-order valence-electron chi connectivity index (χ3n) is 1.26. The van der Waals surface area contributed by atoms with Gasteiger partial charge in [-0.25, -0.2) is 4.79 Å². The first-order chi connectivity index (χ1) is 6.95. The Bertz CT molecular complexity index is 350. The minimum atomic E-state index is -1.10. The van der Waals surface area contributed by atoms with Crippen molar-refractivity contribution in [1.82, 2.24) is 0 Å². The molecule has 5 N–H and O–H groups in total. The summed E-state index contributed by atoms with van der Waals surface area (Å²) >= 11 is 0. The van der Waals surface area contributed by atoms with Crippen molar-refractivity contribution in [2.45, 2.75) is 0 Å². The van der Waals surface area contributed by atoms with Gasteiger partial charge < -0.3 is 16.6 Å². The monoisotopic (exact) mass is 210 g/mol. The fourth-order valence-electron chi connectivity index (χ4n) is 0.581. The number of carboxylic acid groups (broad SMARTS) is 1. The molecule has 15 heavy (non-hydrogen) atoms. The Kier molecular flexibility index (Phi) is 5.17. The predicted octanol–water partition coefficient (Wildman–Crippen LogP) is -0.658. The summed E-state index contributed by atoms with van der Waals surface area (Å²) in [6.45, 7) is 0. The van der Waals surface area contributed by atoms with E-state index in [1.807, 2.05) is 0 Å². The van der Waals surface area contributed by atoms with E-state index in [0.717, 1.165) is 0 Å². The molecule has 0 aliphatic heterocycles. The molecular weight excluding hydrogens is 200 g/mol. The third kappa shape index (κ3) is 5.81. The van der Waals surface area contributed by atoms with Gasteiger partial charge in [0.2, 0.25) is 0 Å². The summed E-state index contributed by atoms with van der Waals surface area (Å²) in [5.41, 5.74) is 8.97. The second kappa shape index (κ2) is 6.14. The molecular formula is C9H10N2O4. The van der Waals surface area contributed by atoms with Gasteiger partial charge in [-0.15, -0.1) is 0 Å². The number of amides is 2. The number of hydrogen-bond acceptors (Lipinski definition) is 3. The molecule has 2 amide bonds. The molecule has 0 aliphatic carbocycles. The van der Waals surface area contributed by atoms with Crippen molar-refractivity contribution in [1.29, 1.82) is 0 Å². The maximum Gasteiger partial charge on any atom is 0.335 e. The zero-order valence-electron chi connectivity index (χ0n) is 7.71. The van der Waals surface area contributed by atoms with Crippen molar-refractivity contribution >= 4 is 17.8 Å². The van der Waals surface area contributed by atoms with Gasteiger partial charge in [0.25, 0.3) is 0 Å². The van der Waals surface area contributed by atoms with Crippen LogP contribution in [0.4, 0.5) is 0 Å². The number of aromatic carboxylic acids is 1. The van der Waals surface area contributed by atoms with Crippen LogP contribution in [0, 0.1) is 0 Å². The van der Waals surface area contributed by atoms with Crippen LogP contribution in [0.1, 0.15) is 10.4 Å². The van der Waals surface area contributed by atoms with Gasteiger partial charge in [0.15, 0.2) is 0 Å². The second-order valence-corrected chi connectivity index (χ2v) is 2.40. The summed E-state index contributed by atoms with van der Waals surface area (Å²) in [5.74, 6) is -3.08. The van der Waals surface area contributed by atoms with Crippen molar-refractivity contribution < 1.29 is 19.5 Å². The van der Waals surface area contributed by atoms with Gasteiger partial charge in [-0.1, -0.05) is 18.2 Å². The zero-order valence-corrected chi connectivity index (χ0v) is 7.71. The molecule has 6 nitrogen and oxygen atoms in total. The van der Waals surface area contributed by atoms with Gasteiger partial charge in [-0.05, 0) is 12.1 Å². The highest BCUT2D eigenvalue weighted by atomic mass is 16.4. The first-order valence-electron chi connectivity index (χ1n) is 3.82. The van der Waals surface area contributed by atoms with E-state index < -0.39 is 17.8 Å². The van der Waals surface area contributed by atoms with E-state index in [2.05, 4.69) is 11.5 Å². The van der Waals surface area contributed by atoms with Crippen molar-refractivity contribution in [3.05, 3.63) is 35.9 Å². The fraction of sp³-hybridized carbons (Fsp3) is 0. The molecule has 1 aromatic rings. The minimum Gasteiger partial charge on any atom is -0.478 e. The van der Waals surface area contributed by atoms with E-state index in [4.69, 9.17) is 5.11 Å². The Hall–Kier alpha value is -2.37. The molecule has 0 radical (unpaired) electrons. The summed E-state index contributed by atoms with van der Waals surface area (Å²) in [5, 5.41) is 8.38. The van der Waals surface area contributed by atoms with Crippen molar-refractivity contribution in [2.75, 3.05) is 0 Å². The molecule has 0 heterocycles. The lowest BCUT2D eigenvalue weighted by molar-refractivity contribution is -0.135. The summed E-state index contributed by atoms with van der Waals surface area (Å²) in [6, 6.07) is 8.30. The largest absolute Gasteiger partial charge is 0.478 e. The van der Waals surface area contributed by atoms with Crippen LogP contribution in [-0.2, 0) is 9.59 Å². The van der Waals surface area contributed by atoms with E-state index in [1.165, 1.54) is 0 Å². The molecule has 0 saturated carbocycles. The van der Waals surface area contributed by atoms with Crippen molar-refractivity contribution in [3.8, 4) is 0 Å². The molecule has 0 aliphatic rings.